The Hall–Kier alpha value is -2.08. The predicted octanol–water partition coefficient (Wildman–Crippen LogP) is 2.82. The second-order valence-corrected chi connectivity index (χ2v) is 6.96. The molecule has 1 aromatic carbocycles. The maximum absolute atomic E-state index is 12.2. The Morgan fingerprint density at radius 2 is 1.92 bits per heavy atom. The summed E-state index contributed by atoms with van der Waals surface area (Å²) in [5, 5.41) is 2.79. The van der Waals surface area contributed by atoms with E-state index in [4.69, 9.17) is 0 Å². The summed E-state index contributed by atoms with van der Waals surface area (Å²) in [6.07, 6.45) is 6.77. The molecule has 5 nitrogen and oxygen atoms in total. The number of imide groups is 1. The zero-order valence-electron chi connectivity index (χ0n) is 13.3. The van der Waals surface area contributed by atoms with Crippen LogP contribution in [0, 0.1) is 0 Å². The molecule has 2 fully saturated rings. The first-order valence-corrected chi connectivity index (χ1v) is 9.16. The average molecular weight is 344 g/mol. The first-order valence-electron chi connectivity index (χ1n) is 8.17. The van der Waals surface area contributed by atoms with E-state index in [9.17, 15) is 14.4 Å². The highest BCUT2D eigenvalue weighted by atomic mass is 32.2. The van der Waals surface area contributed by atoms with Gasteiger partial charge < -0.3 is 5.32 Å². The smallest absolute Gasteiger partial charge is 0.289 e. The van der Waals surface area contributed by atoms with Crippen LogP contribution in [0.4, 0.5) is 4.79 Å². The topological polar surface area (TPSA) is 66.5 Å². The summed E-state index contributed by atoms with van der Waals surface area (Å²) in [5.41, 5.74) is 0.953. The van der Waals surface area contributed by atoms with Crippen molar-refractivity contribution in [1.82, 2.24) is 10.2 Å². The Bertz CT molecular complexity index is 643. The largest absolute Gasteiger partial charge is 0.348 e. The Morgan fingerprint density at radius 3 is 2.62 bits per heavy atom. The van der Waals surface area contributed by atoms with Crippen molar-refractivity contribution in [3.63, 3.8) is 0 Å². The van der Waals surface area contributed by atoms with Gasteiger partial charge in [0.05, 0.1) is 17.8 Å². The van der Waals surface area contributed by atoms with E-state index in [1.807, 2.05) is 30.3 Å². The van der Waals surface area contributed by atoms with Crippen molar-refractivity contribution in [2.75, 3.05) is 5.75 Å². The molecule has 126 valence electrons. The Balaban J connectivity index is 1.65. The zero-order chi connectivity index (χ0) is 16.9. The lowest BCUT2D eigenvalue weighted by Crippen LogP contribution is -2.54. The minimum Gasteiger partial charge on any atom is -0.348 e. The summed E-state index contributed by atoms with van der Waals surface area (Å²) < 4.78 is 0. The van der Waals surface area contributed by atoms with Crippen LogP contribution in [0.25, 0.3) is 6.08 Å². The number of hydrogen-bond acceptors (Lipinski definition) is 4. The van der Waals surface area contributed by atoms with Crippen LogP contribution in [0.1, 0.15) is 31.2 Å². The number of rotatable bonds is 4. The molecule has 1 saturated carbocycles. The van der Waals surface area contributed by atoms with E-state index < -0.39 is 0 Å². The van der Waals surface area contributed by atoms with Gasteiger partial charge in [0.15, 0.2) is 0 Å². The second-order valence-electron chi connectivity index (χ2n) is 6.03. The van der Waals surface area contributed by atoms with Gasteiger partial charge in [-0.15, -0.1) is 0 Å². The first kappa shape index (κ1) is 16.8. The van der Waals surface area contributed by atoms with Crippen molar-refractivity contribution >= 4 is 34.9 Å². The number of benzene rings is 1. The second kappa shape index (κ2) is 7.66. The van der Waals surface area contributed by atoms with E-state index in [0.717, 1.165) is 43.0 Å². The van der Waals surface area contributed by atoms with Crippen LogP contribution >= 0.6 is 11.8 Å². The fraction of sp³-hybridized carbons (Fsp3) is 0.389. The van der Waals surface area contributed by atoms with Crippen LogP contribution in [0.2, 0.25) is 0 Å². The van der Waals surface area contributed by atoms with Crippen LogP contribution in [-0.2, 0) is 9.59 Å². The van der Waals surface area contributed by atoms with E-state index in [1.54, 1.807) is 6.08 Å². The number of hydrogen-bond donors (Lipinski definition) is 1. The van der Waals surface area contributed by atoms with Crippen LogP contribution in [0.3, 0.4) is 0 Å². The van der Waals surface area contributed by atoms with Gasteiger partial charge in [0.2, 0.25) is 11.8 Å². The molecule has 0 aromatic heterocycles. The highest BCUT2D eigenvalue weighted by Crippen LogP contribution is 2.30. The van der Waals surface area contributed by atoms with Gasteiger partial charge in [-0.25, -0.2) is 0 Å². The van der Waals surface area contributed by atoms with Gasteiger partial charge in [-0.05, 0) is 24.5 Å². The van der Waals surface area contributed by atoms with E-state index >= 15 is 0 Å². The standard InChI is InChI=1S/C18H20N2O3S/c21-16(11-10-13-6-2-1-3-7-13)19-14-8-4-5-9-15(14)20-17(22)12-24-18(20)23/h1-3,6-7,10-11,14-15H,4-5,8-9,12H2,(H,19,21)/b11-10+/t14-,15-/m0/s1. The highest BCUT2D eigenvalue weighted by molar-refractivity contribution is 8.14. The molecule has 0 unspecified atom stereocenters. The molecule has 3 rings (SSSR count). The van der Waals surface area contributed by atoms with Crippen molar-refractivity contribution in [1.29, 1.82) is 0 Å². The summed E-state index contributed by atoms with van der Waals surface area (Å²) in [5.74, 6) is -0.123. The Labute approximate surface area is 145 Å². The lowest BCUT2D eigenvalue weighted by atomic mass is 9.89. The molecule has 6 heteroatoms. The fourth-order valence-corrected chi connectivity index (χ4v) is 4.00. The van der Waals surface area contributed by atoms with Crippen molar-refractivity contribution in [3.05, 3.63) is 42.0 Å². The highest BCUT2D eigenvalue weighted by Gasteiger charge is 2.40. The Morgan fingerprint density at radius 1 is 1.17 bits per heavy atom. The molecule has 2 atom stereocenters. The van der Waals surface area contributed by atoms with Gasteiger partial charge in [0, 0.05) is 6.08 Å². The van der Waals surface area contributed by atoms with Gasteiger partial charge in [-0.2, -0.15) is 0 Å². The molecule has 3 amide bonds. The zero-order valence-corrected chi connectivity index (χ0v) is 14.1. The number of nitrogens with one attached hydrogen (secondary N) is 1. The SMILES string of the molecule is O=C(/C=C/c1ccccc1)N[C@H]1CCCC[C@@H]1N1C(=O)CSC1=O. The molecule has 0 radical (unpaired) electrons. The molecular weight excluding hydrogens is 324 g/mol. The molecule has 1 heterocycles. The van der Waals surface area contributed by atoms with Gasteiger partial charge in [-0.1, -0.05) is 54.9 Å². The summed E-state index contributed by atoms with van der Waals surface area (Å²) >= 11 is 1.05. The van der Waals surface area contributed by atoms with Gasteiger partial charge in [-0.3, -0.25) is 19.3 Å². The summed E-state index contributed by atoms with van der Waals surface area (Å²) in [7, 11) is 0. The van der Waals surface area contributed by atoms with E-state index in [1.165, 1.54) is 11.0 Å². The number of carbonyl (C=O) groups is 3. The third-order valence-corrected chi connectivity index (χ3v) is 5.23. The number of nitrogens with zero attached hydrogens (tertiary/aromatic N) is 1. The Kier molecular flexibility index (Phi) is 5.35. The van der Waals surface area contributed by atoms with Crippen LogP contribution in [-0.4, -0.2) is 39.8 Å². The predicted molar refractivity (Wildman–Crippen MR) is 94.4 cm³/mol. The van der Waals surface area contributed by atoms with Crippen molar-refractivity contribution in [2.24, 2.45) is 0 Å². The maximum Gasteiger partial charge on any atom is 0.289 e. The van der Waals surface area contributed by atoms with Crippen LogP contribution in [0.5, 0.6) is 0 Å². The van der Waals surface area contributed by atoms with Crippen LogP contribution in [0.15, 0.2) is 36.4 Å². The lowest BCUT2D eigenvalue weighted by Gasteiger charge is -2.36. The van der Waals surface area contributed by atoms with Crippen molar-refractivity contribution in [3.8, 4) is 0 Å². The van der Waals surface area contributed by atoms with Gasteiger partial charge in [0.25, 0.3) is 5.24 Å². The molecule has 1 saturated heterocycles. The molecular formula is C18H20N2O3S. The third-order valence-electron chi connectivity index (χ3n) is 4.40. The molecule has 1 aliphatic heterocycles. The molecule has 1 aliphatic carbocycles. The molecule has 2 aliphatic rings. The van der Waals surface area contributed by atoms with Crippen molar-refractivity contribution in [2.45, 2.75) is 37.8 Å². The van der Waals surface area contributed by atoms with E-state index in [0.29, 0.717) is 0 Å². The molecule has 0 spiro atoms. The van der Waals surface area contributed by atoms with Gasteiger partial charge >= 0.3 is 0 Å². The lowest BCUT2D eigenvalue weighted by molar-refractivity contribution is -0.128. The van der Waals surface area contributed by atoms with E-state index in [2.05, 4.69) is 5.32 Å². The first-order chi connectivity index (χ1) is 11.6. The maximum atomic E-state index is 12.2. The summed E-state index contributed by atoms with van der Waals surface area (Å²) in [6.45, 7) is 0. The number of thioether (sulfide) groups is 1. The quantitative estimate of drug-likeness (QED) is 0.853. The molecule has 1 aromatic rings. The summed E-state index contributed by atoms with van der Waals surface area (Å²) in [4.78, 5) is 37.5. The normalized spacial score (nSPS) is 24.6. The molecule has 0 bridgehead atoms. The summed E-state index contributed by atoms with van der Waals surface area (Å²) in [6, 6.07) is 9.21. The van der Waals surface area contributed by atoms with Gasteiger partial charge in [0.1, 0.15) is 0 Å². The minimum absolute atomic E-state index is 0.143. The third kappa shape index (κ3) is 3.87. The van der Waals surface area contributed by atoms with Crippen molar-refractivity contribution < 1.29 is 14.4 Å². The minimum atomic E-state index is -0.220. The monoisotopic (exact) mass is 344 g/mol. The molecule has 1 N–H and O–H groups in total. The van der Waals surface area contributed by atoms with E-state index in [-0.39, 0.29) is 34.9 Å². The average Bonchev–Trinajstić information content (AvgIpc) is 2.93. The number of amides is 3. The number of carbonyl (C=O) groups excluding carboxylic acids is 3. The van der Waals surface area contributed by atoms with Crippen LogP contribution < -0.4 is 5.32 Å². The molecule has 24 heavy (non-hydrogen) atoms. The fourth-order valence-electron chi connectivity index (χ4n) is 3.24.